The lowest BCUT2D eigenvalue weighted by atomic mass is 9.99. The number of Topliss-reactive ketones (excluding diaryl/α,β-unsaturated/α-hetero) is 1. The Morgan fingerprint density at radius 1 is 1.23 bits per heavy atom. The van der Waals surface area contributed by atoms with Crippen LogP contribution >= 0.6 is 0 Å². The van der Waals surface area contributed by atoms with Gasteiger partial charge in [-0.2, -0.15) is 0 Å². The van der Waals surface area contributed by atoms with E-state index in [4.69, 9.17) is 9.47 Å². The first-order chi connectivity index (χ1) is 14.2. The van der Waals surface area contributed by atoms with Crippen LogP contribution in [0.15, 0.2) is 36.4 Å². The second kappa shape index (κ2) is 8.32. The summed E-state index contributed by atoms with van der Waals surface area (Å²) in [4.78, 5) is 48.9. The molecular weight excluding hydrogens is 392 g/mol. The highest BCUT2D eigenvalue weighted by molar-refractivity contribution is 6.03. The number of carbonyl (C=O) groups excluding carboxylic acids is 3. The molecule has 9 heteroatoms. The number of fused-ring (bicyclic) bond motifs is 1. The smallest absolute Gasteiger partial charge is 0.326 e. The third-order valence-corrected chi connectivity index (χ3v) is 4.72. The first-order valence-electron chi connectivity index (χ1n) is 9.20. The molecule has 0 aliphatic carbocycles. The summed E-state index contributed by atoms with van der Waals surface area (Å²) in [7, 11) is 0. The molecule has 1 aliphatic rings. The van der Waals surface area contributed by atoms with Crippen molar-refractivity contribution in [3.8, 4) is 5.75 Å². The van der Waals surface area contributed by atoms with E-state index in [9.17, 15) is 24.5 Å². The largest absolute Gasteiger partial charge is 0.482 e. The third-order valence-electron chi connectivity index (χ3n) is 4.72. The first-order valence-corrected chi connectivity index (χ1v) is 9.20. The van der Waals surface area contributed by atoms with Crippen molar-refractivity contribution in [3.05, 3.63) is 63.2 Å². The summed E-state index contributed by atoms with van der Waals surface area (Å²) in [6, 6.07) is 9.19. The van der Waals surface area contributed by atoms with Gasteiger partial charge in [-0.1, -0.05) is 17.7 Å². The van der Waals surface area contributed by atoms with Crippen molar-refractivity contribution in [3.63, 3.8) is 0 Å². The minimum absolute atomic E-state index is 0.103. The summed E-state index contributed by atoms with van der Waals surface area (Å²) in [5, 5.41) is 11.0. The molecule has 1 amide bonds. The first kappa shape index (κ1) is 21.0. The van der Waals surface area contributed by atoms with Crippen LogP contribution in [-0.2, 0) is 14.3 Å². The Bertz CT molecular complexity index is 1050. The maximum atomic E-state index is 12.7. The van der Waals surface area contributed by atoms with Gasteiger partial charge in [0.1, 0.15) is 12.3 Å². The van der Waals surface area contributed by atoms with E-state index in [2.05, 4.69) is 0 Å². The number of amides is 1. The molecule has 0 N–H and O–H groups in total. The monoisotopic (exact) mass is 412 g/mol. The zero-order valence-corrected chi connectivity index (χ0v) is 16.7. The van der Waals surface area contributed by atoms with Crippen molar-refractivity contribution < 1.29 is 28.8 Å². The van der Waals surface area contributed by atoms with E-state index in [0.717, 1.165) is 22.1 Å². The van der Waals surface area contributed by atoms with Gasteiger partial charge in [-0.3, -0.25) is 29.4 Å². The molecule has 0 aromatic heterocycles. The van der Waals surface area contributed by atoms with Gasteiger partial charge in [0.2, 0.25) is 5.78 Å². The minimum atomic E-state index is -1.06. The highest BCUT2D eigenvalue weighted by Crippen LogP contribution is 2.35. The van der Waals surface area contributed by atoms with Gasteiger partial charge < -0.3 is 9.47 Å². The Labute approximate surface area is 172 Å². The third kappa shape index (κ3) is 4.29. The summed E-state index contributed by atoms with van der Waals surface area (Å²) in [6.07, 6.45) is -1.06. The second-order valence-electron chi connectivity index (χ2n) is 6.99. The van der Waals surface area contributed by atoms with Crippen LogP contribution in [0, 0.1) is 24.0 Å². The number of rotatable bonds is 6. The minimum Gasteiger partial charge on any atom is -0.482 e. The number of non-ortho nitro benzene ring substituents is 1. The van der Waals surface area contributed by atoms with Gasteiger partial charge in [0.25, 0.3) is 11.6 Å². The fourth-order valence-corrected chi connectivity index (χ4v) is 3.11. The number of esters is 1. The molecule has 3 rings (SSSR count). The fraction of sp³-hybridized carbons (Fsp3) is 0.286. The van der Waals surface area contributed by atoms with Crippen LogP contribution in [0.3, 0.4) is 0 Å². The van der Waals surface area contributed by atoms with E-state index >= 15 is 0 Å². The number of anilines is 1. The Morgan fingerprint density at radius 3 is 2.67 bits per heavy atom. The zero-order chi connectivity index (χ0) is 22.0. The molecule has 9 nitrogen and oxygen atoms in total. The number of aryl methyl sites for hydroxylation is 2. The maximum absolute atomic E-state index is 12.7. The van der Waals surface area contributed by atoms with E-state index < -0.39 is 29.4 Å². The second-order valence-corrected chi connectivity index (χ2v) is 6.99. The van der Waals surface area contributed by atoms with Gasteiger partial charge in [-0.15, -0.1) is 0 Å². The molecule has 0 unspecified atom stereocenters. The lowest BCUT2D eigenvalue weighted by molar-refractivity contribution is -0.384. The number of nitro groups is 1. The quantitative estimate of drug-likeness (QED) is 0.310. The molecule has 156 valence electrons. The fourth-order valence-electron chi connectivity index (χ4n) is 3.11. The molecule has 1 heterocycles. The lowest BCUT2D eigenvalue weighted by Crippen LogP contribution is -2.43. The molecule has 30 heavy (non-hydrogen) atoms. The van der Waals surface area contributed by atoms with Crippen molar-refractivity contribution in [2.24, 2.45) is 0 Å². The van der Waals surface area contributed by atoms with Gasteiger partial charge in [0.15, 0.2) is 12.7 Å². The number of nitro benzene ring substituents is 1. The number of ether oxygens (including phenoxy) is 2. The van der Waals surface area contributed by atoms with Crippen LogP contribution in [-0.4, -0.2) is 41.8 Å². The normalized spacial score (nSPS) is 13.8. The summed E-state index contributed by atoms with van der Waals surface area (Å²) in [5.41, 5.74) is 1.98. The van der Waals surface area contributed by atoms with Crippen LogP contribution in [0.5, 0.6) is 5.75 Å². The van der Waals surface area contributed by atoms with Crippen LogP contribution in [0.2, 0.25) is 0 Å². The van der Waals surface area contributed by atoms with Gasteiger partial charge in [0, 0.05) is 17.7 Å². The van der Waals surface area contributed by atoms with Crippen LogP contribution in [0.25, 0.3) is 0 Å². The predicted molar refractivity (Wildman–Crippen MR) is 107 cm³/mol. The standard InChI is InChI=1S/C21H20N2O7/c1-12-4-5-13(2)16(8-12)21(26)14(3)30-20(25)10-22-17-9-15(23(27)28)6-7-18(17)29-11-19(22)24/h4-9,14H,10-11H2,1-3H3/t14-/m1/s1. The van der Waals surface area contributed by atoms with Gasteiger partial charge in [0.05, 0.1) is 10.6 Å². The Morgan fingerprint density at radius 2 is 1.97 bits per heavy atom. The molecule has 0 bridgehead atoms. The summed E-state index contributed by atoms with van der Waals surface area (Å²) in [6.45, 7) is 4.29. The van der Waals surface area contributed by atoms with E-state index in [1.165, 1.54) is 19.1 Å². The lowest BCUT2D eigenvalue weighted by Gasteiger charge is -2.28. The Balaban J connectivity index is 1.75. The molecule has 0 fully saturated rings. The molecule has 0 spiro atoms. The number of hydrogen-bond acceptors (Lipinski definition) is 7. The average Bonchev–Trinajstić information content (AvgIpc) is 2.70. The average molecular weight is 412 g/mol. The molecule has 2 aromatic rings. The molecule has 2 aromatic carbocycles. The maximum Gasteiger partial charge on any atom is 0.326 e. The van der Waals surface area contributed by atoms with Crippen molar-refractivity contribution >= 4 is 29.0 Å². The molecular formula is C21H20N2O7. The SMILES string of the molecule is Cc1ccc(C)c(C(=O)[C@@H](C)OC(=O)CN2C(=O)COc3ccc([N+](=O)[O-])cc32)c1. The molecule has 0 saturated heterocycles. The van der Waals surface area contributed by atoms with Gasteiger partial charge in [-0.05, 0) is 38.5 Å². The van der Waals surface area contributed by atoms with Gasteiger partial charge >= 0.3 is 5.97 Å². The van der Waals surface area contributed by atoms with Crippen molar-refractivity contribution in [1.82, 2.24) is 0 Å². The van der Waals surface area contributed by atoms with Crippen molar-refractivity contribution in [2.75, 3.05) is 18.1 Å². The molecule has 0 saturated carbocycles. The number of hydrogen-bond donors (Lipinski definition) is 0. The van der Waals surface area contributed by atoms with E-state index in [0.29, 0.717) is 5.56 Å². The van der Waals surface area contributed by atoms with Gasteiger partial charge in [-0.25, -0.2) is 0 Å². The number of benzene rings is 2. The molecule has 1 aliphatic heterocycles. The summed E-state index contributed by atoms with van der Waals surface area (Å²) >= 11 is 0. The number of carbonyl (C=O) groups is 3. The highest BCUT2D eigenvalue weighted by atomic mass is 16.6. The van der Waals surface area contributed by atoms with Crippen LogP contribution in [0.1, 0.15) is 28.4 Å². The van der Waals surface area contributed by atoms with E-state index in [1.807, 2.05) is 19.1 Å². The van der Waals surface area contributed by atoms with E-state index in [1.54, 1.807) is 13.0 Å². The summed E-state index contributed by atoms with van der Waals surface area (Å²) in [5.74, 6) is -1.47. The predicted octanol–water partition coefficient (Wildman–Crippen LogP) is 2.75. The number of ketones is 1. The highest BCUT2D eigenvalue weighted by Gasteiger charge is 2.31. The van der Waals surface area contributed by atoms with Crippen LogP contribution in [0.4, 0.5) is 11.4 Å². The topological polar surface area (TPSA) is 116 Å². The Hall–Kier alpha value is -3.75. The summed E-state index contributed by atoms with van der Waals surface area (Å²) < 4.78 is 10.5. The number of nitrogens with zero attached hydrogens (tertiary/aromatic N) is 2. The zero-order valence-electron chi connectivity index (χ0n) is 16.7. The molecule has 1 atom stereocenters. The van der Waals surface area contributed by atoms with Crippen molar-refractivity contribution in [2.45, 2.75) is 26.9 Å². The van der Waals surface area contributed by atoms with Crippen molar-refractivity contribution in [1.29, 1.82) is 0 Å². The van der Waals surface area contributed by atoms with Crippen LogP contribution < -0.4 is 9.64 Å². The van der Waals surface area contributed by atoms with E-state index in [-0.39, 0.29) is 29.5 Å². The Kier molecular flexibility index (Phi) is 5.81. The molecule has 0 radical (unpaired) electrons.